The number of ether oxygens (including phenoxy) is 4. The number of methoxy groups -OCH3 is 1. The molecule has 1 aliphatic heterocycles. The Labute approximate surface area is 213 Å². The molecule has 5 rings (SSSR count). The van der Waals surface area contributed by atoms with Crippen LogP contribution in [0.5, 0.6) is 23.1 Å². The van der Waals surface area contributed by atoms with Crippen LogP contribution < -0.4 is 14.2 Å². The number of amides is 1. The first-order valence-corrected chi connectivity index (χ1v) is 12.1. The first-order valence-electron chi connectivity index (χ1n) is 12.1. The van der Waals surface area contributed by atoms with Gasteiger partial charge < -0.3 is 28.8 Å². The molecule has 0 bridgehead atoms. The minimum absolute atomic E-state index is 0.0555. The van der Waals surface area contributed by atoms with Crippen molar-refractivity contribution in [1.29, 1.82) is 0 Å². The number of fused-ring (bicyclic) bond motifs is 2. The zero-order valence-corrected chi connectivity index (χ0v) is 21.2. The van der Waals surface area contributed by atoms with E-state index in [1.807, 2.05) is 20.8 Å². The van der Waals surface area contributed by atoms with Crippen LogP contribution in [0.2, 0.25) is 0 Å². The maximum absolute atomic E-state index is 15.0. The van der Waals surface area contributed by atoms with Crippen LogP contribution >= 0.6 is 0 Å². The number of H-pyrrole nitrogens is 1. The summed E-state index contributed by atoms with van der Waals surface area (Å²) in [5, 5.41) is 0.984. The van der Waals surface area contributed by atoms with Gasteiger partial charge >= 0.3 is 6.09 Å². The second-order valence-corrected chi connectivity index (χ2v) is 9.90. The molecular formula is C27H29FN4O5. The fourth-order valence-electron chi connectivity index (χ4n) is 4.30. The van der Waals surface area contributed by atoms with Crippen LogP contribution in [0.1, 0.15) is 33.6 Å². The lowest BCUT2D eigenvalue weighted by atomic mass is 10.1. The van der Waals surface area contributed by atoms with Gasteiger partial charge in [0.05, 0.1) is 18.0 Å². The Bertz CT molecular complexity index is 1440. The lowest BCUT2D eigenvalue weighted by Gasteiger charge is -2.33. The molecule has 1 fully saturated rings. The maximum atomic E-state index is 15.0. The van der Waals surface area contributed by atoms with E-state index in [2.05, 4.69) is 15.0 Å². The Morgan fingerprint density at radius 3 is 2.57 bits per heavy atom. The Kier molecular flexibility index (Phi) is 6.49. The number of halogens is 1. The normalized spacial score (nSPS) is 14.7. The Balaban J connectivity index is 1.37. The van der Waals surface area contributed by atoms with Gasteiger partial charge in [-0.15, -0.1) is 0 Å². The summed E-state index contributed by atoms with van der Waals surface area (Å²) in [6.07, 6.45) is 3.85. The number of hydrogen-bond donors (Lipinski definition) is 1. The van der Waals surface area contributed by atoms with Gasteiger partial charge in [0, 0.05) is 49.1 Å². The van der Waals surface area contributed by atoms with Gasteiger partial charge in [-0.3, -0.25) is 0 Å². The number of benzene rings is 2. The van der Waals surface area contributed by atoms with Crippen molar-refractivity contribution < 1.29 is 28.1 Å². The molecule has 37 heavy (non-hydrogen) atoms. The van der Waals surface area contributed by atoms with E-state index in [9.17, 15) is 4.79 Å². The van der Waals surface area contributed by atoms with Crippen molar-refractivity contribution in [1.82, 2.24) is 19.9 Å². The van der Waals surface area contributed by atoms with E-state index in [1.54, 1.807) is 48.5 Å². The van der Waals surface area contributed by atoms with E-state index in [4.69, 9.17) is 18.9 Å². The average molecular weight is 509 g/mol. The van der Waals surface area contributed by atoms with Crippen molar-refractivity contribution in [3.05, 3.63) is 48.7 Å². The van der Waals surface area contributed by atoms with E-state index in [0.29, 0.717) is 59.2 Å². The predicted octanol–water partition coefficient (Wildman–Crippen LogP) is 5.83. The summed E-state index contributed by atoms with van der Waals surface area (Å²) in [5.74, 6) is 0.775. The topological polar surface area (TPSA) is 98.8 Å². The smallest absolute Gasteiger partial charge is 0.410 e. The number of carbonyl (C=O) groups is 1. The first kappa shape index (κ1) is 24.6. The molecule has 10 heteroatoms. The summed E-state index contributed by atoms with van der Waals surface area (Å²) in [7, 11) is 1.55. The fraction of sp³-hybridized carbons (Fsp3) is 0.370. The highest BCUT2D eigenvalue weighted by molar-refractivity contribution is 5.87. The molecule has 1 N–H and O–H groups in total. The third-order valence-electron chi connectivity index (χ3n) is 6.11. The summed E-state index contributed by atoms with van der Waals surface area (Å²) in [6.45, 7) is 6.59. The number of likely N-dealkylation sites (tertiary alicyclic amines) is 1. The van der Waals surface area contributed by atoms with Crippen LogP contribution in [-0.4, -0.2) is 57.8 Å². The van der Waals surface area contributed by atoms with E-state index in [-0.39, 0.29) is 23.8 Å². The standard InChI is InChI=1S/C27H29FN4O5/c1-27(2,3)37-26(33)32-11-8-16(9-12-32)35-23-13-18-20(14-22(23)34-4)30-15-31-25(18)36-21-6-5-19-17(24(21)28)7-10-29-19/h5-7,10,13-16,29H,8-9,11-12H2,1-4H3. The van der Waals surface area contributed by atoms with Crippen molar-refractivity contribution in [3.8, 4) is 23.1 Å². The molecule has 0 saturated carbocycles. The molecule has 194 valence electrons. The van der Waals surface area contributed by atoms with Gasteiger partial charge in [0.15, 0.2) is 23.1 Å². The molecule has 9 nitrogen and oxygen atoms in total. The van der Waals surface area contributed by atoms with Gasteiger partial charge in [0.2, 0.25) is 5.88 Å². The molecule has 1 amide bonds. The van der Waals surface area contributed by atoms with Gasteiger partial charge in [-0.2, -0.15) is 0 Å². The highest BCUT2D eigenvalue weighted by Crippen LogP contribution is 2.38. The molecule has 0 unspecified atom stereocenters. The van der Waals surface area contributed by atoms with Gasteiger partial charge in [-0.05, 0) is 45.0 Å². The number of piperidine rings is 1. The first-order chi connectivity index (χ1) is 17.7. The van der Waals surface area contributed by atoms with Gasteiger partial charge in [-0.25, -0.2) is 19.2 Å². The molecule has 4 aromatic rings. The Morgan fingerprint density at radius 2 is 1.84 bits per heavy atom. The minimum atomic E-state index is -0.541. The van der Waals surface area contributed by atoms with Gasteiger partial charge in [0.1, 0.15) is 18.0 Å². The van der Waals surface area contributed by atoms with Gasteiger partial charge in [-0.1, -0.05) is 0 Å². The monoisotopic (exact) mass is 508 g/mol. The highest BCUT2D eigenvalue weighted by atomic mass is 19.1. The lowest BCUT2D eigenvalue weighted by Crippen LogP contribution is -2.44. The van der Waals surface area contributed by atoms with Crippen molar-refractivity contribution in [2.45, 2.75) is 45.3 Å². The zero-order chi connectivity index (χ0) is 26.2. The molecule has 0 aliphatic carbocycles. The number of rotatable bonds is 5. The van der Waals surface area contributed by atoms with Crippen molar-refractivity contribution in [3.63, 3.8) is 0 Å². The number of aromatic nitrogens is 3. The second kappa shape index (κ2) is 9.76. The largest absolute Gasteiger partial charge is 0.493 e. The summed E-state index contributed by atoms with van der Waals surface area (Å²) in [6, 6.07) is 8.44. The molecule has 2 aromatic heterocycles. The molecule has 1 aliphatic rings. The SMILES string of the molecule is COc1cc2ncnc(Oc3ccc4[nH]ccc4c3F)c2cc1OC1CCN(C(=O)OC(C)(C)C)CC1. The molecule has 0 spiro atoms. The fourth-order valence-corrected chi connectivity index (χ4v) is 4.30. The van der Waals surface area contributed by atoms with Crippen LogP contribution in [0.4, 0.5) is 9.18 Å². The maximum Gasteiger partial charge on any atom is 0.410 e. The van der Waals surface area contributed by atoms with Gasteiger partial charge in [0.25, 0.3) is 0 Å². The van der Waals surface area contributed by atoms with Crippen LogP contribution in [0.15, 0.2) is 42.9 Å². The van der Waals surface area contributed by atoms with E-state index < -0.39 is 11.4 Å². The molecular weight excluding hydrogens is 479 g/mol. The average Bonchev–Trinajstić information content (AvgIpc) is 3.35. The summed E-state index contributed by atoms with van der Waals surface area (Å²) >= 11 is 0. The second-order valence-electron chi connectivity index (χ2n) is 9.90. The number of carbonyl (C=O) groups excluding carboxylic acids is 1. The summed E-state index contributed by atoms with van der Waals surface area (Å²) in [5.41, 5.74) is 0.703. The molecule has 0 radical (unpaired) electrons. The van der Waals surface area contributed by atoms with E-state index in [0.717, 1.165) is 0 Å². The van der Waals surface area contributed by atoms with Crippen LogP contribution in [0.3, 0.4) is 0 Å². The zero-order valence-electron chi connectivity index (χ0n) is 21.2. The number of nitrogens with one attached hydrogen (secondary N) is 1. The minimum Gasteiger partial charge on any atom is -0.493 e. The third kappa shape index (κ3) is 5.23. The summed E-state index contributed by atoms with van der Waals surface area (Å²) < 4.78 is 38.2. The van der Waals surface area contributed by atoms with Crippen molar-refractivity contribution in [2.24, 2.45) is 0 Å². The quantitative estimate of drug-likeness (QED) is 0.362. The molecule has 2 aromatic carbocycles. The number of hydrogen-bond acceptors (Lipinski definition) is 7. The third-order valence-corrected chi connectivity index (χ3v) is 6.11. The number of nitrogens with zero attached hydrogens (tertiary/aromatic N) is 3. The Hall–Kier alpha value is -4.08. The number of aromatic amines is 1. The predicted molar refractivity (Wildman–Crippen MR) is 136 cm³/mol. The Morgan fingerprint density at radius 1 is 1.05 bits per heavy atom. The molecule has 1 saturated heterocycles. The van der Waals surface area contributed by atoms with Crippen LogP contribution in [-0.2, 0) is 4.74 Å². The molecule has 0 atom stereocenters. The van der Waals surface area contributed by atoms with E-state index >= 15 is 4.39 Å². The van der Waals surface area contributed by atoms with Crippen molar-refractivity contribution in [2.75, 3.05) is 20.2 Å². The van der Waals surface area contributed by atoms with Crippen LogP contribution in [0, 0.1) is 5.82 Å². The molecule has 3 heterocycles. The van der Waals surface area contributed by atoms with Crippen molar-refractivity contribution >= 4 is 27.9 Å². The lowest BCUT2D eigenvalue weighted by molar-refractivity contribution is 0.0124. The highest BCUT2D eigenvalue weighted by Gasteiger charge is 2.28. The van der Waals surface area contributed by atoms with E-state index in [1.165, 1.54) is 6.33 Å². The van der Waals surface area contributed by atoms with Crippen LogP contribution in [0.25, 0.3) is 21.8 Å². The summed E-state index contributed by atoms with van der Waals surface area (Å²) in [4.78, 5) is 25.6.